The number of carbonyl (C=O) groups excluding carboxylic acids is 1. The molecular weight excluding hydrogens is 378 g/mol. The summed E-state index contributed by atoms with van der Waals surface area (Å²) in [7, 11) is -3.34. The van der Waals surface area contributed by atoms with Crippen LogP contribution in [0.5, 0.6) is 0 Å². The van der Waals surface area contributed by atoms with E-state index in [1.165, 1.54) is 17.4 Å². The monoisotopic (exact) mass is 391 g/mol. The highest BCUT2D eigenvalue weighted by Crippen LogP contribution is 2.35. The molecule has 3 rings (SSSR count). The molecule has 2 aromatic carbocycles. The van der Waals surface area contributed by atoms with Gasteiger partial charge in [-0.3, -0.25) is 9.52 Å². The van der Waals surface area contributed by atoms with Gasteiger partial charge in [-0.15, -0.1) is 11.3 Å². The normalized spacial score (nSPS) is 11.9. The Bertz CT molecular complexity index is 1070. The van der Waals surface area contributed by atoms with Crippen LogP contribution in [0.25, 0.3) is 16.2 Å². The number of fused-ring (bicyclic) bond motifs is 1. The van der Waals surface area contributed by atoms with E-state index in [9.17, 15) is 13.2 Å². The quantitative estimate of drug-likeness (QED) is 0.500. The minimum absolute atomic E-state index is 0.181. The molecule has 0 atom stereocenters. The molecule has 0 saturated carbocycles. The molecule has 0 radical (unpaired) electrons. The molecule has 0 saturated heterocycles. The summed E-state index contributed by atoms with van der Waals surface area (Å²) in [6.07, 6.45) is 4.25. The molecular formula is C18H14ClNO3S2. The van der Waals surface area contributed by atoms with Gasteiger partial charge in [0, 0.05) is 26.2 Å². The molecule has 0 aliphatic carbocycles. The topological polar surface area (TPSA) is 63.2 Å². The van der Waals surface area contributed by atoms with Gasteiger partial charge in [0.25, 0.3) is 0 Å². The summed E-state index contributed by atoms with van der Waals surface area (Å²) < 4.78 is 25.8. The summed E-state index contributed by atoms with van der Waals surface area (Å²) in [5.41, 5.74) is 0.878. The van der Waals surface area contributed by atoms with Gasteiger partial charge in [0.15, 0.2) is 5.78 Å². The molecule has 3 aromatic rings. The maximum atomic E-state index is 12.3. The minimum Gasteiger partial charge on any atom is -0.289 e. The first kappa shape index (κ1) is 17.7. The molecule has 1 aromatic heterocycles. The zero-order valence-corrected chi connectivity index (χ0v) is 15.6. The van der Waals surface area contributed by atoms with Crippen molar-refractivity contribution in [2.75, 3.05) is 11.0 Å². The van der Waals surface area contributed by atoms with Crippen molar-refractivity contribution in [3.63, 3.8) is 0 Å². The van der Waals surface area contributed by atoms with E-state index in [0.717, 1.165) is 21.2 Å². The first-order chi connectivity index (χ1) is 11.8. The van der Waals surface area contributed by atoms with E-state index >= 15 is 0 Å². The molecule has 128 valence electrons. The molecule has 1 heterocycles. The van der Waals surface area contributed by atoms with Gasteiger partial charge in [-0.2, -0.15) is 0 Å². The number of halogens is 1. The van der Waals surface area contributed by atoms with Crippen LogP contribution in [0.4, 0.5) is 5.69 Å². The number of hydrogen-bond acceptors (Lipinski definition) is 4. The molecule has 0 bridgehead atoms. The maximum Gasteiger partial charge on any atom is 0.229 e. The van der Waals surface area contributed by atoms with Crippen LogP contribution in [0.1, 0.15) is 15.2 Å². The van der Waals surface area contributed by atoms with Gasteiger partial charge in [0.05, 0.1) is 11.3 Å². The van der Waals surface area contributed by atoms with Crippen LogP contribution in [0.2, 0.25) is 5.02 Å². The van der Waals surface area contributed by atoms with Crippen molar-refractivity contribution in [3.05, 3.63) is 70.1 Å². The SMILES string of the molecule is CS(=O)(=O)Nc1ccc(C(=O)/C=C/c2sc3ccccc3c2Cl)cc1. The average Bonchev–Trinajstić information content (AvgIpc) is 2.88. The Morgan fingerprint density at radius 3 is 2.44 bits per heavy atom. The molecule has 0 spiro atoms. The zero-order chi connectivity index (χ0) is 18.0. The van der Waals surface area contributed by atoms with E-state index < -0.39 is 10.0 Å². The smallest absolute Gasteiger partial charge is 0.229 e. The van der Waals surface area contributed by atoms with Crippen molar-refractivity contribution in [3.8, 4) is 0 Å². The Balaban J connectivity index is 1.79. The van der Waals surface area contributed by atoms with Crippen molar-refractivity contribution in [2.24, 2.45) is 0 Å². The van der Waals surface area contributed by atoms with Crippen LogP contribution in [-0.2, 0) is 10.0 Å². The number of ketones is 1. The molecule has 25 heavy (non-hydrogen) atoms. The number of nitrogens with one attached hydrogen (secondary N) is 1. The standard InChI is InChI=1S/C18H14ClNO3S2/c1-25(22,23)20-13-8-6-12(7-9-13)15(21)10-11-17-18(19)14-4-2-3-5-16(14)24-17/h2-11,20H,1H3/b11-10+. The number of allylic oxidation sites excluding steroid dienone is 1. The van der Waals surface area contributed by atoms with E-state index in [4.69, 9.17) is 11.6 Å². The fraction of sp³-hybridized carbons (Fsp3) is 0.0556. The summed E-state index contributed by atoms with van der Waals surface area (Å²) in [5.74, 6) is -0.181. The third-order valence-corrected chi connectivity index (χ3v) is 5.68. The summed E-state index contributed by atoms with van der Waals surface area (Å²) in [6, 6.07) is 14.0. The van der Waals surface area contributed by atoms with Gasteiger partial charge < -0.3 is 0 Å². The van der Waals surface area contributed by atoms with Gasteiger partial charge in [-0.25, -0.2) is 8.42 Å². The molecule has 0 unspecified atom stereocenters. The van der Waals surface area contributed by atoms with E-state index in [0.29, 0.717) is 16.3 Å². The number of hydrogen-bond donors (Lipinski definition) is 1. The lowest BCUT2D eigenvalue weighted by molar-refractivity contribution is 0.104. The molecule has 1 N–H and O–H groups in total. The van der Waals surface area contributed by atoms with Crippen LogP contribution < -0.4 is 4.72 Å². The Hall–Kier alpha value is -2.15. The number of anilines is 1. The molecule has 0 fully saturated rings. The number of benzene rings is 2. The maximum absolute atomic E-state index is 12.3. The van der Waals surface area contributed by atoms with Crippen LogP contribution in [0, 0.1) is 0 Å². The van der Waals surface area contributed by atoms with E-state index in [1.54, 1.807) is 30.3 Å². The second kappa shape index (κ2) is 7.00. The van der Waals surface area contributed by atoms with Gasteiger partial charge in [0.2, 0.25) is 10.0 Å². The third-order valence-electron chi connectivity index (χ3n) is 3.42. The highest BCUT2D eigenvalue weighted by atomic mass is 35.5. The minimum atomic E-state index is -3.34. The highest BCUT2D eigenvalue weighted by Gasteiger charge is 2.09. The second-order valence-corrected chi connectivity index (χ2v) is 8.64. The average molecular weight is 392 g/mol. The Morgan fingerprint density at radius 2 is 1.80 bits per heavy atom. The van der Waals surface area contributed by atoms with Gasteiger partial charge in [-0.1, -0.05) is 29.8 Å². The number of sulfonamides is 1. The van der Waals surface area contributed by atoms with Crippen molar-refractivity contribution >= 4 is 60.6 Å². The summed E-state index contributed by atoms with van der Waals surface area (Å²) in [6.45, 7) is 0. The lowest BCUT2D eigenvalue weighted by atomic mass is 10.1. The predicted octanol–water partition coefficient (Wildman–Crippen LogP) is 4.82. The second-order valence-electron chi connectivity index (χ2n) is 5.43. The fourth-order valence-corrected chi connectivity index (χ4v) is 4.27. The van der Waals surface area contributed by atoms with Gasteiger partial charge in [-0.05, 0) is 42.5 Å². The molecule has 0 amide bonds. The van der Waals surface area contributed by atoms with E-state index in [1.807, 2.05) is 24.3 Å². The number of carbonyl (C=O) groups is 1. The largest absolute Gasteiger partial charge is 0.289 e. The van der Waals surface area contributed by atoms with Crippen LogP contribution >= 0.6 is 22.9 Å². The summed E-state index contributed by atoms with van der Waals surface area (Å²) >= 11 is 7.87. The lowest BCUT2D eigenvalue weighted by Gasteiger charge is -2.03. The van der Waals surface area contributed by atoms with Gasteiger partial charge >= 0.3 is 0 Å². The Labute approximate surface area is 154 Å². The molecule has 4 nitrogen and oxygen atoms in total. The molecule has 7 heteroatoms. The van der Waals surface area contributed by atoms with Crippen LogP contribution in [0.15, 0.2) is 54.6 Å². The van der Waals surface area contributed by atoms with Crippen molar-refractivity contribution in [2.45, 2.75) is 0 Å². The first-order valence-electron chi connectivity index (χ1n) is 7.31. The van der Waals surface area contributed by atoms with Crippen molar-refractivity contribution in [1.82, 2.24) is 0 Å². The van der Waals surface area contributed by atoms with E-state index in [2.05, 4.69) is 4.72 Å². The molecule has 0 aliphatic heterocycles. The summed E-state index contributed by atoms with van der Waals surface area (Å²) in [5, 5.41) is 1.61. The van der Waals surface area contributed by atoms with Gasteiger partial charge in [0.1, 0.15) is 0 Å². The van der Waals surface area contributed by atoms with Crippen molar-refractivity contribution < 1.29 is 13.2 Å². The highest BCUT2D eigenvalue weighted by molar-refractivity contribution is 7.92. The lowest BCUT2D eigenvalue weighted by Crippen LogP contribution is -2.09. The zero-order valence-electron chi connectivity index (χ0n) is 13.2. The number of rotatable bonds is 5. The molecule has 0 aliphatic rings. The van der Waals surface area contributed by atoms with Crippen LogP contribution in [-0.4, -0.2) is 20.5 Å². The van der Waals surface area contributed by atoms with Crippen LogP contribution in [0.3, 0.4) is 0 Å². The Kier molecular flexibility index (Phi) is 4.94. The summed E-state index contributed by atoms with van der Waals surface area (Å²) in [4.78, 5) is 13.1. The fourth-order valence-electron chi connectivity index (χ4n) is 2.30. The third kappa shape index (κ3) is 4.28. The first-order valence-corrected chi connectivity index (χ1v) is 10.4. The van der Waals surface area contributed by atoms with Crippen molar-refractivity contribution in [1.29, 1.82) is 0 Å². The Morgan fingerprint density at radius 1 is 1.12 bits per heavy atom. The predicted molar refractivity (Wildman–Crippen MR) is 105 cm³/mol. The van der Waals surface area contributed by atoms with E-state index in [-0.39, 0.29) is 5.78 Å². The number of thiophene rings is 1.